The monoisotopic (exact) mass is 304 g/mol. The molecule has 0 spiro atoms. The smallest absolute Gasteiger partial charge is 0.313 e. The number of likely N-dealkylation sites (N-methyl/N-ethyl adjacent to an activating group) is 1. The Balaban J connectivity index is 3.50. The molecule has 0 aliphatic heterocycles. The molecule has 0 amide bonds. The lowest BCUT2D eigenvalue weighted by atomic mass is 10.3. The predicted octanol–water partition coefficient (Wildman–Crippen LogP) is -0.118. The average Bonchev–Trinajstić information content (AvgIpc) is 2.44. The third-order valence-corrected chi connectivity index (χ3v) is 4.88. The van der Waals surface area contributed by atoms with Crippen LogP contribution in [0.3, 0.4) is 0 Å². The highest BCUT2D eigenvalue weighted by atomic mass is 32.2. The summed E-state index contributed by atoms with van der Waals surface area (Å²) in [7, 11) is -2.88. The standard InChI is InChI=1S/C10H16N4O5S/c1-7(6-15)13(2)20(18,19)9-5-3-4-8(12-11)10(9)14(16)17/h3-5,7,12,15H,6,11H2,1-2H3. The first kappa shape index (κ1) is 16.3. The number of benzene rings is 1. The van der Waals surface area contributed by atoms with E-state index >= 15 is 0 Å². The van der Waals surface area contributed by atoms with Gasteiger partial charge >= 0.3 is 5.69 Å². The highest BCUT2D eigenvalue weighted by Crippen LogP contribution is 2.33. The van der Waals surface area contributed by atoms with Gasteiger partial charge in [-0.25, -0.2) is 8.42 Å². The normalized spacial score (nSPS) is 13.2. The number of hydrazine groups is 1. The lowest BCUT2D eigenvalue weighted by molar-refractivity contribution is -0.386. The lowest BCUT2D eigenvalue weighted by Gasteiger charge is -2.22. The minimum absolute atomic E-state index is 0.110. The van der Waals surface area contributed by atoms with E-state index in [1.54, 1.807) is 0 Å². The van der Waals surface area contributed by atoms with Crippen molar-refractivity contribution in [2.75, 3.05) is 19.1 Å². The molecule has 1 atom stereocenters. The number of aliphatic hydroxyl groups is 1. The number of hydrogen-bond acceptors (Lipinski definition) is 7. The SMILES string of the molecule is CC(CO)N(C)S(=O)(=O)c1cccc(NN)c1[N+](=O)[O-]. The van der Waals surface area contributed by atoms with Gasteiger partial charge in [-0.1, -0.05) is 6.07 Å². The maximum atomic E-state index is 12.4. The van der Waals surface area contributed by atoms with E-state index in [2.05, 4.69) is 5.43 Å². The number of nitro benzene ring substituents is 1. The molecule has 1 aromatic carbocycles. The molecular weight excluding hydrogens is 288 g/mol. The molecule has 0 aromatic heterocycles. The Morgan fingerprint density at radius 3 is 2.60 bits per heavy atom. The van der Waals surface area contributed by atoms with Gasteiger partial charge in [-0.2, -0.15) is 4.31 Å². The zero-order valence-corrected chi connectivity index (χ0v) is 11.8. The number of para-hydroxylation sites is 1. The second-order valence-electron chi connectivity index (χ2n) is 4.11. The van der Waals surface area contributed by atoms with Gasteiger partial charge in [-0.3, -0.25) is 16.0 Å². The lowest BCUT2D eigenvalue weighted by Crippen LogP contribution is -2.37. The molecule has 20 heavy (non-hydrogen) atoms. The van der Waals surface area contributed by atoms with Crippen molar-refractivity contribution in [2.45, 2.75) is 17.9 Å². The molecule has 4 N–H and O–H groups in total. The fourth-order valence-electron chi connectivity index (χ4n) is 1.54. The molecule has 9 nitrogen and oxygen atoms in total. The quantitative estimate of drug-likeness (QED) is 0.378. The van der Waals surface area contributed by atoms with Gasteiger partial charge in [0.05, 0.1) is 11.5 Å². The summed E-state index contributed by atoms with van der Waals surface area (Å²) in [5.41, 5.74) is 1.36. The first-order chi connectivity index (χ1) is 9.27. The van der Waals surface area contributed by atoms with E-state index in [0.29, 0.717) is 0 Å². The van der Waals surface area contributed by atoms with Gasteiger partial charge < -0.3 is 10.5 Å². The predicted molar refractivity (Wildman–Crippen MR) is 72.4 cm³/mol. The number of sulfonamides is 1. The first-order valence-corrected chi connectivity index (χ1v) is 7.04. The zero-order valence-electron chi connectivity index (χ0n) is 11.0. The van der Waals surface area contributed by atoms with E-state index in [0.717, 1.165) is 10.4 Å². The summed E-state index contributed by atoms with van der Waals surface area (Å²) in [6.45, 7) is 1.08. The first-order valence-electron chi connectivity index (χ1n) is 5.60. The third kappa shape index (κ3) is 2.88. The van der Waals surface area contributed by atoms with Crippen LogP contribution in [0.1, 0.15) is 6.92 Å². The van der Waals surface area contributed by atoms with Gasteiger partial charge in [0.15, 0.2) is 4.90 Å². The van der Waals surface area contributed by atoms with E-state index in [-0.39, 0.29) is 5.69 Å². The molecule has 1 unspecified atom stereocenters. The number of anilines is 1. The van der Waals surface area contributed by atoms with Crippen molar-refractivity contribution in [2.24, 2.45) is 5.84 Å². The number of nitro groups is 1. The summed E-state index contributed by atoms with van der Waals surface area (Å²) >= 11 is 0. The van der Waals surface area contributed by atoms with E-state index < -0.39 is 38.2 Å². The van der Waals surface area contributed by atoms with Crippen LogP contribution in [0.15, 0.2) is 23.1 Å². The second-order valence-corrected chi connectivity index (χ2v) is 6.07. The van der Waals surface area contributed by atoms with Crippen LogP contribution < -0.4 is 11.3 Å². The van der Waals surface area contributed by atoms with Crippen LogP contribution in [0.4, 0.5) is 11.4 Å². The highest BCUT2D eigenvalue weighted by molar-refractivity contribution is 7.89. The van der Waals surface area contributed by atoms with E-state index in [4.69, 9.17) is 10.9 Å². The van der Waals surface area contributed by atoms with E-state index in [9.17, 15) is 18.5 Å². The molecule has 0 fully saturated rings. The molecular formula is C10H16N4O5S. The summed E-state index contributed by atoms with van der Waals surface area (Å²) in [4.78, 5) is 9.78. The molecule has 0 aliphatic rings. The Morgan fingerprint density at radius 1 is 1.55 bits per heavy atom. The van der Waals surface area contributed by atoms with Crippen LogP contribution in [0.2, 0.25) is 0 Å². The fraction of sp³-hybridized carbons (Fsp3) is 0.400. The number of nitrogens with one attached hydrogen (secondary N) is 1. The van der Waals surface area contributed by atoms with Crippen LogP contribution in [0.25, 0.3) is 0 Å². The summed E-state index contributed by atoms with van der Waals surface area (Å²) in [5, 5.41) is 20.1. The Kier molecular flexibility index (Phi) is 5.00. The van der Waals surface area contributed by atoms with Gasteiger partial charge in [0, 0.05) is 13.1 Å². The summed E-state index contributed by atoms with van der Waals surface area (Å²) in [5.74, 6) is 5.16. The summed E-state index contributed by atoms with van der Waals surface area (Å²) < 4.78 is 25.6. The van der Waals surface area contributed by atoms with Gasteiger partial charge in [0.25, 0.3) is 0 Å². The Morgan fingerprint density at radius 2 is 2.15 bits per heavy atom. The number of rotatable bonds is 6. The van der Waals surface area contributed by atoms with Crippen LogP contribution in [0.5, 0.6) is 0 Å². The maximum absolute atomic E-state index is 12.4. The van der Waals surface area contributed by atoms with Crippen LogP contribution in [0, 0.1) is 10.1 Å². The molecule has 0 radical (unpaired) electrons. The van der Waals surface area contributed by atoms with Gasteiger partial charge in [-0.05, 0) is 19.1 Å². The van der Waals surface area contributed by atoms with Crippen molar-refractivity contribution in [1.82, 2.24) is 4.31 Å². The number of nitrogens with zero attached hydrogens (tertiary/aromatic N) is 2. The molecule has 0 bridgehead atoms. The average molecular weight is 304 g/mol. The maximum Gasteiger partial charge on any atom is 0.313 e. The van der Waals surface area contributed by atoms with Crippen molar-refractivity contribution in [3.63, 3.8) is 0 Å². The van der Waals surface area contributed by atoms with Crippen molar-refractivity contribution < 1.29 is 18.4 Å². The van der Waals surface area contributed by atoms with Crippen LogP contribution in [-0.2, 0) is 10.0 Å². The minimum atomic E-state index is -4.12. The van der Waals surface area contributed by atoms with Crippen molar-refractivity contribution in [3.05, 3.63) is 28.3 Å². The number of nitrogen functional groups attached to an aromatic ring is 1. The van der Waals surface area contributed by atoms with E-state index in [1.165, 1.54) is 26.1 Å². The van der Waals surface area contributed by atoms with Gasteiger partial charge in [-0.15, -0.1) is 0 Å². The molecule has 0 saturated heterocycles. The molecule has 0 saturated carbocycles. The Hall–Kier alpha value is -1.75. The van der Waals surface area contributed by atoms with Crippen LogP contribution in [-0.4, -0.2) is 42.4 Å². The molecule has 10 heteroatoms. The molecule has 1 aromatic rings. The molecule has 0 heterocycles. The Bertz CT molecular complexity index is 604. The van der Waals surface area contributed by atoms with E-state index in [1.807, 2.05) is 0 Å². The summed E-state index contributed by atoms with van der Waals surface area (Å²) in [6, 6.07) is 3.04. The van der Waals surface area contributed by atoms with Crippen LogP contribution >= 0.6 is 0 Å². The topological polar surface area (TPSA) is 139 Å². The zero-order chi connectivity index (χ0) is 15.5. The fourth-order valence-corrected chi connectivity index (χ4v) is 3.07. The largest absolute Gasteiger partial charge is 0.395 e. The van der Waals surface area contributed by atoms with Crippen molar-refractivity contribution in [3.8, 4) is 0 Å². The third-order valence-electron chi connectivity index (χ3n) is 2.88. The number of aliphatic hydroxyl groups excluding tert-OH is 1. The second kappa shape index (κ2) is 6.13. The minimum Gasteiger partial charge on any atom is -0.395 e. The number of hydrogen-bond donors (Lipinski definition) is 3. The molecule has 0 aliphatic carbocycles. The van der Waals surface area contributed by atoms with Gasteiger partial charge in [0.2, 0.25) is 10.0 Å². The highest BCUT2D eigenvalue weighted by Gasteiger charge is 2.33. The Labute approximate surface area is 116 Å². The summed E-state index contributed by atoms with van der Waals surface area (Å²) in [6.07, 6.45) is 0. The van der Waals surface area contributed by atoms with Crippen molar-refractivity contribution in [1.29, 1.82) is 0 Å². The van der Waals surface area contributed by atoms with Gasteiger partial charge in [0.1, 0.15) is 5.69 Å². The molecule has 112 valence electrons. The van der Waals surface area contributed by atoms with Crippen molar-refractivity contribution >= 4 is 21.4 Å². The number of nitrogens with two attached hydrogens (primary N) is 1. The molecule has 1 rings (SSSR count).